The van der Waals surface area contributed by atoms with E-state index in [0.717, 1.165) is 29.5 Å². The van der Waals surface area contributed by atoms with Crippen molar-refractivity contribution in [1.82, 2.24) is 4.98 Å². The minimum Gasteiger partial charge on any atom is -0.225 e. The molecule has 0 aliphatic heterocycles. The summed E-state index contributed by atoms with van der Waals surface area (Å²) in [5.74, 6) is 0.947. The fraction of sp³-hybridized carbons (Fsp3) is 0.421. The van der Waals surface area contributed by atoms with E-state index < -0.39 is 9.84 Å². The van der Waals surface area contributed by atoms with Gasteiger partial charge in [0.05, 0.1) is 16.0 Å². The van der Waals surface area contributed by atoms with Crippen LogP contribution in [0.3, 0.4) is 0 Å². The Morgan fingerprint density at radius 1 is 1.33 bits per heavy atom. The minimum absolute atomic E-state index is 0.0395. The first-order chi connectivity index (χ1) is 11.4. The van der Waals surface area contributed by atoms with Crippen LogP contribution in [-0.4, -0.2) is 19.2 Å². The lowest BCUT2D eigenvalue weighted by atomic mass is 9.75. The Morgan fingerprint density at radius 3 is 2.79 bits per heavy atom. The van der Waals surface area contributed by atoms with Gasteiger partial charge in [0.25, 0.3) is 0 Å². The van der Waals surface area contributed by atoms with E-state index in [1.54, 1.807) is 0 Å². The number of thiazole rings is 1. The van der Waals surface area contributed by atoms with Gasteiger partial charge in [-0.05, 0) is 43.2 Å². The second-order valence-corrected chi connectivity index (χ2v) is 9.82. The van der Waals surface area contributed by atoms with Crippen LogP contribution < -0.4 is 0 Å². The van der Waals surface area contributed by atoms with Gasteiger partial charge >= 0.3 is 0 Å². The number of nitrogens with zero attached hydrogens (tertiary/aromatic N) is 1. The molecule has 0 saturated heterocycles. The second kappa shape index (κ2) is 6.81. The first-order valence-electron chi connectivity index (χ1n) is 8.35. The van der Waals surface area contributed by atoms with E-state index in [9.17, 15) is 8.42 Å². The maximum absolute atomic E-state index is 12.6. The number of fused-ring (bicyclic) bond motifs is 1. The molecule has 0 spiro atoms. The summed E-state index contributed by atoms with van der Waals surface area (Å²) < 4.78 is 26.4. The molecule has 2 aromatic rings. The van der Waals surface area contributed by atoms with E-state index in [4.69, 9.17) is 0 Å². The monoisotopic (exact) mass is 361 g/mol. The molecule has 0 radical (unpaired) electrons. The minimum atomic E-state index is -3.37. The van der Waals surface area contributed by atoms with Crippen LogP contribution in [0.1, 0.15) is 33.1 Å². The second-order valence-electron chi connectivity index (χ2n) is 6.58. The van der Waals surface area contributed by atoms with Crippen molar-refractivity contribution < 1.29 is 8.42 Å². The lowest BCUT2D eigenvalue weighted by Gasteiger charge is -2.31. The van der Waals surface area contributed by atoms with Crippen LogP contribution in [0.2, 0.25) is 0 Å². The molecule has 1 aliphatic carbocycles. The number of benzene rings is 1. The van der Waals surface area contributed by atoms with Crippen molar-refractivity contribution in [2.75, 3.05) is 5.75 Å². The van der Waals surface area contributed by atoms with Gasteiger partial charge in [0.2, 0.25) is 14.2 Å². The third-order valence-corrected chi connectivity index (χ3v) is 7.93. The first-order valence-corrected chi connectivity index (χ1v) is 10.8. The van der Waals surface area contributed by atoms with Gasteiger partial charge in [-0.25, -0.2) is 13.4 Å². The van der Waals surface area contributed by atoms with Crippen LogP contribution in [0.25, 0.3) is 10.2 Å². The predicted octanol–water partition coefficient (Wildman–Crippen LogP) is 5.01. The van der Waals surface area contributed by atoms with E-state index in [0.29, 0.717) is 11.8 Å². The molecular weight excluding hydrogens is 338 g/mol. The molecule has 1 aliphatic rings. The van der Waals surface area contributed by atoms with Gasteiger partial charge in [-0.2, -0.15) is 0 Å². The lowest BCUT2D eigenvalue weighted by Crippen LogP contribution is -2.18. The summed E-state index contributed by atoms with van der Waals surface area (Å²) in [6, 6.07) is 7.54. The van der Waals surface area contributed by atoms with Crippen LogP contribution in [-0.2, 0) is 9.84 Å². The molecule has 1 saturated carbocycles. The van der Waals surface area contributed by atoms with Crippen molar-refractivity contribution in [3.05, 3.63) is 48.1 Å². The molecule has 3 nitrogen and oxygen atoms in total. The molecule has 3 rings (SSSR count). The molecule has 2 atom stereocenters. The maximum Gasteiger partial charge on any atom is 0.210 e. The van der Waals surface area contributed by atoms with Crippen molar-refractivity contribution in [2.45, 2.75) is 37.4 Å². The van der Waals surface area contributed by atoms with Crippen molar-refractivity contribution in [3.8, 4) is 0 Å². The highest BCUT2D eigenvalue weighted by Crippen LogP contribution is 2.38. The number of sulfone groups is 1. The lowest BCUT2D eigenvalue weighted by molar-refractivity contribution is 0.446. The summed E-state index contributed by atoms with van der Waals surface area (Å²) in [5, 5.41) is 0. The normalized spacial score (nSPS) is 23.9. The molecule has 128 valence electrons. The van der Waals surface area contributed by atoms with Crippen molar-refractivity contribution in [2.24, 2.45) is 11.8 Å². The molecule has 0 bridgehead atoms. The van der Waals surface area contributed by atoms with E-state index >= 15 is 0 Å². The summed E-state index contributed by atoms with van der Waals surface area (Å²) in [5.41, 5.74) is 3.30. The van der Waals surface area contributed by atoms with Crippen molar-refractivity contribution in [1.29, 1.82) is 0 Å². The highest BCUT2D eigenvalue weighted by atomic mass is 32.2. The van der Waals surface area contributed by atoms with Crippen LogP contribution in [0, 0.1) is 11.8 Å². The summed E-state index contributed by atoms with van der Waals surface area (Å²) in [6.07, 6.45) is 4.83. The fourth-order valence-corrected chi connectivity index (χ4v) is 5.83. The third-order valence-electron chi connectivity index (χ3n) is 4.86. The fourth-order valence-electron chi connectivity index (χ4n) is 3.31. The number of rotatable bonds is 4. The van der Waals surface area contributed by atoms with Gasteiger partial charge in [0.15, 0.2) is 0 Å². The zero-order chi connectivity index (χ0) is 17.3. The quantitative estimate of drug-likeness (QED) is 0.719. The molecule has 1 heterocycles. The Bertz CT molecular complexity index is 860. The van der Waals surface area contributed by atoms with Gasteiger partial charge in [-0.1, -0.05) is 49.8 Å². The molecule has 24 heavy (non-hydrogen) atoms. The average Bonchev–Trinajstić information content (AvgIpc) is 3.01. The van der Waals surface area contributed by atoms with Crippen molar-refractivity contribution >= 4 is 31.4 Å². The number of allylic oxidation sites excluding steroid dienone is 2. The Kier molecular flexibility index (Phi) is 4.92. The predicted molar refractivity (Wildman–Crippen MR) is 101 cm³/mol. The SMILES string of the molecule is C=C1C(C)CC(=CCS(=O)(=O)c2nc3ccccc3s2)CC1CC. The Morgan fingerprint density at radius 2 is 2.08 bits per heavy atom. The summed E-state index contributed by atoms with van der Waals surface area (Å²) in [6.45, 7) is 8.56. The smallest absolute Gasteiger partial charge is 0.210 e. The largest absolute Gasteiger partial charge is 0.225 e. The molecule has 5 heteroatoms. The molecule has 1 aromatic carbocycles. The topological polar surface area (TPSA) is 47.0 Å². The summed E-state index contributed by atoms with van der Waals surface area (Å²) in [7, 11) is -3.37. The van der Waals surface area contributed by atoms with E-state index in [1.165, 1.54) is 22.5 Å². The summed E-state index contributed by atoms with van der Waals surface area (Å²) in [4.78, 5) is 4.29. The third kappa shape index (κ3) is 3.47. The zero-order valence-corrected chi connectivity index (χ0v) is 15.8. The Hall–Kier alpha value is -1.46. The highest BCUT2D eigenvalue weighted by Gasteiger charge is 2.25. The highest BCUT2D eigenvalue weighted by molar-refractivity contribution is 7.93. The molecule has 2 unspecified atom stereocenters. The number of aromatic nitrogens is 1. The van der Waals surface area contributed by atoms with Crippen LogP contribution >= 0.6 is 11.3 Å². The number of para-hydroxylation sites is 1. The average molecular weight is 362 g/mol. The summed E-state index contributed by atoms with van der Waals surface area (Å²) >= 11 is 1.25. The Labute approximate surface area is 148 Å². The standard InChI is InChI=1S/C19H23NO2S2/c1-4-16-12-15(11-13(2)14(16)3)9-10-24(21,22)19-20-17-7-5-6-8-18(17)23-19/h5-9,13,16H,3-4,10-12H2,1-2H3. The maximum atomic E-state index is 12.6. The number of hydrogen-bond donors (Lipinski definition) is 0. The van der Waals surface area contributed by atoms with Gasteiger partial charge < -0.3 is 0 Å². The van der Waals surface area contributed by atoms with Gasteiger partial charge in [0.1, 0.15) is 0 Å². The van der Waals surface area contributed by atoms with Crippen LogP contribution in [0.15, 0.2) is 52.4 Å². The van der Waals surface area contributed by atoms with Crippen LogP contribution in [0.4, 0.5) is 0 Å². The van der Waals surface area contributed by atoms with E-state index in [2.05, 4.69) is 25.4 Å². The Balaban J connectivity index is 1.80. The molecular formula is C19H23NO2S2. The van der Waals surface area contributed by atoms with E-state index in [1.807, 2.05) is 30.3 Å². The van der Waals surface area contributed by atoms with Gasteiger partial charge in [0, 0.05) is 0 Å². The van der Waals surface area contributed by atoms with E-state index in [-0.39, 0.29) is 10.1 Å². The molecule has 1 fully saturated rings. The van der Waals surface area contributed by atoms with Gasteiger partial charge in [-0.3, -0.25) is 0 Å². The number of hydrogen-bond acceptors (Lipinski definition) is 4. The molecule has 0 amide bonds. The van der Waals surface area contributed by atoms with Gasteiger partial charge in [-0.15, -0.1) is 11.3 Å². The zero-order valence-electron chi connectivity index (χ0n) is 14.2. The first kappa shape index (κ1) is 17.4. The molecule has 1 aromatic heterocycles. The van der Waals surface area contributed by atoms with Crippen LogP contribution in [0.5, 0.6) is 0 Å². The molecule has 0 N–H and O–H groups in total. The van der Waals surface area contributed by atoms with Crippen molar-refractivity contribution in [3.63, 3.8) is 0 Å².